The molecule has 1 N–H and O–H groups in total. The molecule has 2 fully saturated rings. The van der Waals surface area contributed by atoms with Gasteiger partial charge in [-0.1, -0.05) is 66.7 Å². The van der Waals surface area contributed by atoms with Crippen molar-refractivity contribution < 1.29 is 9.59 Å². The Bertz CT molecular complexity index is 1270. The summed E-state index contributed by atoms with van der Waals surface area (Å²) in [7, 11) is 0. The van der Waals surface area contributed by atoms with Gasteiger partial charge >= 0.3 is 0 Å². The van der Waals surface area contributed by atoms with Gasteiger partial charge in [0.1, 0.15) is 0 Å². The van der Waals surface area contributed by atoms with Crippen molar-refractivity contribution in [2.75, 3.05) is 11.5 Å². The van der Waals surface area contributed by atoms with E-state index in [0.717, 1.165) is 51.0 Å². The van der Waals surface area contributed by atoms with Crippen LogP contribution in [0.15, 0.2) is 69.6 Å². The van der Waals surface area contributed by atoms with Gasteiger partial charge in [-0.2, -0.15) is 0 Å². The topological polar surface area (TPSA) is 46.2 Å². The minimum Gasteiger partial charge on any atom is -0.384 e. The van der Waals surface area contributed by atoms with Gasteiger partial charge < -0.3 is 5.32 Å². The fourth-order valence-electron chi connectivity index (χ4n) is 6.46. The third kappa shape index (κ3) is 4.93. The predicted molar refractivity (Wildman–Crippen MR) is 155 cm³/mol. The number of halogens is 2. The smallest absolute Gasteiger partial charge is 0.196 e. The van der Waals surface area contributed by atoms with Crippen LogP contribution in [-0.2, 0) is 9.59 Å². The molecule has 0 amide bonds. The molecule has 0 unspecified atom stereocenters. The zero-order valence-corrected chi connectivity index (χ0v) is 23.6. The average Bonchev–Trinajstić information content (AvgIpc) is 3.56. The highest BCUT2D eigenvalue weighted by atomic mass is 35.5. The van der Waals surface area contributed by atoms with Gasteiger partial charge in [-0.3, -0.25) is 9.59 Å². The molecule has 6 rings (SSSR count). The molecule has 1 saturated heterocycles. The summed E-state index contributed by atoms with van der Waals surface area (Å²) in [6, 6.07) is 15.8. The Morgan fingerprint density at radius 2 is 1.38 bits per heavy atom. The van der Waals surface area contributed by atoms with Crippen molar-refractivity contribution in [3.63, 3.8) is 0 Å². The first-order valence-corrected chi connectivity index (χ1v) is 15.8. The summed E-state index contributed by atoms with van der Waals surface area (Å²) >= 11 is 15.8. The van der Waals surface area contributed by atoms with Crippen LogP contribution < -0.4 is 5.32 Å². The predicted octanol–water partition coefficient (Wildman–Crippen LogP) is 7.90. The summed E-state index contributed by atoms with van der Waals surface area (Å²) in [6.07, 6.45) is 6.30. The van der Waals surface area contributed by atoms with Gasteiger partial charge in [0.15, 0.2) is 11.6 Å². The Labute approximate surface area is 236 Å². The highest BCUT2D eigenvalue weighted by Gasteiger charge is 2.48. The number of hydrogen-bond donors (Lipinski definition) is 1. The molecular weight excluding hydrogens is 541 g/mol. The van der Waals surface area contributed by atoms with E-state index in [9.17, 15) is 9.59 Å². The summed E-state index contributed by atoms with van der Waals surface area (Å²) in [5.74, 6) is 1.88. The van der Waals surface area contributed by atoms with Crippen LogP contribution in [0.4, 0.5) is 0 Å². The zero-order chi connectivity index (χ0) is 25.5. The first kappa shape index (κ1) is 25.6. The molecule has 2 aromatic rings. The van der Waals surface area contributed by atoms with Crippen molar-refractivity contribution in [3.05, 3.63) is 90.8 Å². The van der Waals surface area contributed by atoms with Gasteiger partial charge in [0.25, 0.3) is 0 Å². The Balaban J connectivity index is 1.54. The minimum atomic E-state index is -0.207. The van der Waals surface area contributed by atoms with Crippen LogP contribution in [0.2, 0.25) is 10.0 Å². The number of thioether (sulfide) groups is 2. The molecule has 4 aliphatic rings. The number of ketones is 2. The van der Waals surface area contributed by atoms with E-state index in [0.29, 0.717) is 21.5 Å². The van der Waals surface area contributed by atoms with Crippen LogP contribution in [0.3, 0.4) is 0 Å². The van der Waals surface area contributed by atoms with Gasteiger partial charge in [-0.05, 0) is 54.2 Å². The van der Waals surface area contributed by atoms with Crippen LogP contribution in [0.5, 0.6) is 0 Å². The molecule has 3 atom stereocenters. The maximum Gasteiger partial charge on any atom is 0.196 e. The summed E-state index contributed by atoms with van der Waals surface area (Å²) in [5, 5.41) is 5.24. The van der Waals surface area contributed by atoms with E-state index < -0.39 is 0 Å². The molecule has 2 aromatic carbocycles. The van der Waals surface area contributed by atoms with Crippen molar-refractivity contribution in [2.45, 2.75) is 56.4 Å². The van der Waals surface area contributed by atoms with Crippen molar-refractivity contribution in [2.24, 2.45) is 5.92 Å². The van der Waals surface area contributed by atoms with E-state index in [2.05, 4.69) is 17.4 Å². The third-order valence-electron chi connectivity index (χ3n) is 8.18. The quantitative estimate of drug-likeness (QED) is 0.300. The van der Waals surface area contributed by atoms with Crippen LogP contribution in [0.1, 0.15) is 61.5 Å². The SMILES string of the molecule is O=C1C[C@H](c2ccc(Cl)cc2)C2=C(C(=O)C1=C1SCCS1)[C@H](c1ccc(Cl)cc1)[C@@H](C1CCCCC1)N2. The molecule has 2 aliphatic heterocycles. The maximum absolute atomic E-state index is 14.5. The van der Waals surface area contributed by atoms with Crippen molar-refractivity contribution in [1.29, 1.82) is 0 Å². The minimum absolute atomic E-state index is 0.0536. The zero-order valence-electron chi connectivity index (χ0n) is 20.5. The van der Waals surface area contributed by atoms with Crippen LogP contribution in [0, 0.1) is 5.92 Å². The van der Waals surface area contributed by atoms with E-state index in [1.54, 1.807) is 23.5 Å². The van der Waals surface area contributed by atoms with Gasteiger partial charge in [0.05, 0.1) is 9.81 Å². The fourth-order valence-corrected chi connectivity index (χ4v) is 9.28. The van der Waals surface area contributed by atoms with E-state index in [-0.39, 0.29) is 35.9 Å². The second-order valence-corrected chi connectivity index (χ2v) is 13.7. The Hall–Kier alpha value is -1.66. The molecule has 7 heteroatoms. The lowest BCUT2D eigenvalue weighted by molar-refractivity contribution is -0.119. The van der Waals surface area contributed by atoms with E-state index in [1.165, 1.54) is 19.3 Å². The van der Waals surface area contributed by atoms with E-state index in [4.69, 9.17) is 23.2 Å². The summed E-state index contributed by atoms with van der Waals surface area (Å²) in [6.45, 7) is 0. The monoisotopic (exact) mass is 569 g/mol. The van der Waals surface area contributed by atoms with E-state index >= 15 is 0 Å². The molecule has 1 saturated carbocycles. The number of benzene rings is 2. The molecule has 2 heterocycles. The molecule has 2 aliphatic carbocycles. The van der Waals surface area contributed by atoms with E-state index in [1.807, 2.05) is 36.4 Å². The molecular formula is C30H29Cl2NO2S2. The maximum atomic E-state index is 14.5. The van der Waals surface area contributed by atoms with Gasteiger partial charge in [-0.15, -0.1) is 23.5 Å². The molecule has 0 spiro atoms. The standard InChI is InChI=1S/C30H29Cl2NO2S2/c31-20-10-6-17(7-11-20)22-16-23(34)25(30-36-14-15-37-30)29(35)26-24(18-8-12-21(32)13-9-18)27(33-28(22)26)19-4-2-1-3-5-19/h6-13,19,22,24,27,33H,1-5,14-16H2/t22-,24+,27-/m1/s1. The summed E-state index contributed by atoms with van der Waals surface area (Å²) in [5.41, 5.74) is 4.22. The number of hydrogen-bond acceptors (Lipinski definition) is 5. The van der Waals surface area contributed by atoms with Crippen LogP contribution >= 0.6 is 46.7 Å². The average molecular weight is 571 g/mol. The van der Waals surface area contributed by atoms with Gasteiger partial charge in [0, 0.05) is 57.1 Å². The highest BCUT2D eigenvalue weighted by molar-refractivity contribution is 8.25. The number of allylic oxidation sites excluding steroid dienone is 2. The fraction of sp³-hybridized carbons (Fsp3) is 0.400. The Morgan fingerprint density at radius 3 is 2.00 bits per heavy atom. The molecule has 0 aromatic heterocycles. The number of carbonyl (C=O) groups excluding carboxylic acids is 2. The largest absolute Gasteiger partial charge is 0.384 e. The molecule has 192 valence electrons. The first-order chi connectivity index (χ1) is 18.0. The number of carbonyl (C=O) groups is 2. The summed E-state index contributed by atoms with van der Waals surface area (Å²) < 4.78 is 0.898. The summed E-state index contributed by atoms with van der Waals surface area (Å²) in [4.78, 5) is 28.2. The van der Waals surface area contributed by atoms with Crippen LogP contribution in [-0.4, -0.2) is 29.1 Å². The number of Topliss-reactive ketones (excluding diaryl/α,β-unsaturated/α-hetero) is 2. The lowest BCUT2D eigenvalue weighted by atomic mass is 9.74. The second kappa shape index (κ2) is 10.8. The second-order valence-electron chi connectivity index (χ2n) is 10.3. The third-order valence-corrected chi connectivity index (χ3v) is 11.4. The lowest BCUT2D eigenvalue weighted by Crippen LogP contribution is -2.38. The Kier molecular flexibility index (Phi) is 7.50. The first-order valence-electron chi connectivity index (χ1n) is 13.1. The molecule has 3 nitrogen and oxygen atoms in total. The van der Waals surface area contributed by atoms with Gasteiger partial charge in [-0.25, -0.2) is 0 Å². The van der Waals surface area contributed by atoms with Crippen molar-refractivity contribution in [1.82, 2.24) is 5.32 Å². The van der Waals surface area contributed by atoms with Crippen molar-refractivity contribution in [3.8, 4) is 0 Å². The lowest BCUT2D eigenvalue weighted by Gasteiger charge is -2.34. The molecule has 0 radical (unpaired) electrons. The molecule has 37 heavy (non-hydrogen) atoms. The number of nitrogens with one attached hydrogen (secondary N) is 1. The Morgan fingerprint density at radius 1 is 0.784 bits per heavy atom. The highest BCUT2D eigenvalue weighted by Crippen LogP contribution is 2.51. The van der Waals surface area contributed by atoms with Crippen LogP contribution in [0.25, 0.3) is 0 Å². The number of rotatable bonds is 3. The molecule has 0 bridgehead atoms. The normalized spacial score (nSPS) is 26.9. The van der Waals surface area contributed by atoms with Gasteiger partial charge in [0.2, 0.25) is 0 Å². The van der Waals surface area contributed by atoms with Crippen molar-refractivity contribution >= 4 is 58.3 Å².